The molecule has 2 aromatic carbocycles. The topological polar surface area (TPSA) is 86.3 Å². The highest BCUT2D eigenvalue weighted by molar-refractivity contribution is 6.36. The van der Waals surface area contributed by atoms with Gasteiger partial charge in [-0.15, -0.1) is 0 Å². The van der Waals surface area contributed by atoms with Crippen LogP contribution in [-0.2, 0) is 4.79 Å². The van der Waals surface area contributed by atoms with Gasteiger partial charge in [-0.1, -0.05) is 41.4 Å². The molecule has 3 N–H and O–H groups in total. The molecular weight excluding hydrogens is 387 g/mol. The van der Waals surface area contributed by atoms with Crippen LogP contribution >= 0.6 is 23.2 Å². The molecule has 0 aliphatic heterocycles. The van der Waals surface area contributed by atoms with Crippen LogP contribution < -0.4 is 10.7 Å². The number of H-pyrrole nitrogens is 1. The van der Waals surface area contributed by atoms with Gasteiger partial charge in [-0.25, -0.2) is 5.43 Å². The summed E-state index contributed by atoms with van der Waals surface area (Å²) in [7, 11) is 0. The van der Waals surface area contributed by atoms with Crippen molar-refractivity contribution in [2.24, 2.45) is 5.10 Å². The standard InChI is InChI=1S/C19H16Cl2N4O2/c1-11-15(13-4-2-3-5-17(13)24-11)9-23-25-18(26)10-22-19(27)14-7-6-12(20)8-16(14)21/h2-9,24H,10H2,1H3,(H,22,27)(H,25,26)/b23-9-. The van der Waals surface area contributed by atoms with Crippen molar-refractivity contribution in [2.45, 2.75) is 6.92 Å². The van der Waals surface area contributed by atoms with E-state index in [1.54, 1.807) is 12.3 Å². The molecule has 0 saturated heterocycles. The molecule has 3 aromatic rings. The Morgan fingerprint density at radius 3 is 2.74 bits per heavy atom. The molecule has 2 amide bonds. The van der Waals surface area contributed by atoms with E-state index in [0.717, 1.165) is 22.2 Å². The van der Waals surface area contributed by atoms with E-state index >= 15 is 0 Å². The van der Waals surface area contributed by atoms with Crippen LogP contribution in [0, 0.1) is 6.92 Å². The Bertz CT molecular complexity index is 1040. The van der Waals surface area contributed by atoms with Gasteiger partial charge >= 0.3 is 0 Å². The molecule has 8 heteroatoms. The fourth-order valence-electron chi connectivity index (χ4n) is 2.60. The van der Waals surface area contributed by atoms with Gasteiger partial charge < -0.3 is 10.3 Å². The maximum atomic E-state index is 12.1. The van der Waals surface area contributed by atoms with E-state index in [4.69, 9.17) is 23.2 Å². The molecule has 0 bridgehead atoms. The van der Waals surface area contributed by atoms with Crippen molar-refractivity contribution in [2.75, 3.05) is 6.54 Å². The lowest BCUT2D eigenvalue weighted by Gasteiger charge is -2.06. The number of para-hydroxylation sites is 1. The lowest BCUT2D eigenvalue weighted by molar-refractivity contribution is -0.120. The van der Waals surface area contributed by atoms with Crippen LogP contribution in [0.25, 0.3) is 10.9 Å². The second-order valence-corrected chi connectivity index (χ2v) is 6.65. The molecule has 6 nitrogen and oxygen atoms in total. The Kier molecular flexibility index (Phi) is 5.78. The zero-order chi connectivity index (χ0) is 19.4. The number of carbonyl (C=O) groups is 2. The molecule has 0 unspecified atom stereocenters. The quantitative estimate of drug-likeness (QED) is 0.449. The van der Waals surface area contributed by atoms with Gasteiger partial charge in [0.15, 0.2) is 0 Å². The van der Waals surface area contributed by atoms with Crippen molar-refractivity contribution < 1.29 is 9.59 Å². The van der Waals surface area contributed by atoms with E-state index in [9.17, 15) is 9.59 Å². The van der Waals surface area contributed by atoms with E-state index in [-0.39, 0.29) is 17.1 Å². The van der Waals surface area contributed by atoms with Gasteiger partial charge in [-0.3, -0.25) is 9.59 Å². The van der Waals surface area contributed by atoms with Gasteiger partial charge in [0.1, 0.15) is 0 Å². The van der Waals surface area contributed by atoms with E-state index in [0.29, 0.717) is 5.02 Å². The minimum Gasteiger partial charge on any atom is -0.358 e. The summed E-state index contributed by atoms with van der Waals surface area (Å²) in [6.45, 7) is 1.70. The first-order chi connectivity index (χ1) is 13.0. The minimum atomic E-state index is -0.469. The summed E-state index contributed by atoms with van der Waals surface area (Å²) in [5.41, 5.74) is 5.46. The summed E-state index contributed by atoms with van der Waals surface area (Å²) >= 11 is 11.8. The highest BCUT2D eigenvalue weighted by atomic mass is 35.5. The molecule has 138 valence electrons. The summed E-state index contributed by atoms with van der Waals surface area (Å²) in [6.07, 6.45) is 1.57. The molecule has 27 heavy (non-hydrogen) atoms. The van der Waals surface area contributed by atoms with Gasteiger partial charge in [-0.2, -0.15) is 5.10 Å². The SMILES string of the molecule is Cc1[nH]c2ccccc2c1/C=N\NC(=O)CNC(=O)c1ccc(Cl)cc1Cl. The van der Waals surface area contributed by atoms with Crippen molar-refractivity contribution in [1.29, 1.82) is 0 Å². The van der Waals surface area contributed by atoms with Crippen LogP contribution in [0.1, 0.15) is 21.6 Å². The molecule has 1 heterocycles. The number of aromatic nitrogens is 1. The normalized spacial score (nSPS) is 11.1. The summed E-state index contributed by atoms with van der Waals surface area (Å²) in [4.78, 5) is 27.2. The zero-order valence-corrected chi connectivity index (χ0v) is 15.9. The van der Waals surface area contributed by atoms with Crippen LogP contribution in [-0.4, -0.2) is 29.6 Å². The lowest BCUT2D eigenvalue weighted by atomic mass is 10.1. The number of fused-ring (bicyclic) bond motifs is 1. The smallest absolute Gasteiger partial charge is 0.259 e. The second kappa shape index (κ2) is 8.24. The lowest BCUT2D eigenvalue weighted by Crippen LogP contribution is -2.35. The van der Waals surface area contributed by atoms with E-state index in [2.05, 4.69) is 20.8 Å². The first-order valence-electron chi connectivity index (χ1n) is 8.08. The average molecular weight is 403 g/mol. The first kappa shape index (κ1) is 18.9. The summed E-state index contributed by atoms with van der Waals surface area (Å²) in [5, 5.41) is 8.11. The number of halogens is 2. The Hall–Kier alpha value is -2.83. The zero-order valence-electron chi connectivity index (χ0n) is 14.3. The predicted octanol–water partition coefficient (Wildman–Crippen LogP) is 3.66. The number of aryl methyl sites for hydroxylation is 1. The predicted molar refractivity (Wildman–Crippen MR) is 108 cm³/mol. The van der Waals surface area contributed by atoms with Crippen LogP contribution in [0.3, 0.4) is 0 Å². The molecule has 1 aromatic heterocycles. The maximum Gasteiger partial charge on any atom is 0.259 e. The highest BCUT2D eigenvalue weighted by Gasteiger charge is 2.12. The monoisotopic (exact) mass is 402 g/mol. The molecule has 0 atom stereocenters. The highest BCUT2D eigenvalue weighted by Crippen LogP contribution is 2.21. The summed E-state index contributed by atoms with van der Waals surface area (Å²) < 4.78 is 0. The third-order valence-electron chi connectivity index (χ3n) is 3.91. The van der Waals surface area contributed by atoms with Crippen molar-refractivity contribution in [3.05, 3.63) is 69.3 Å². The van der Waals surface area contributed by atoms with Gasteiger partial charge in [0, 0.05) is 27.2 Å². The number of nitrogens with zero attached hydrogens (tertiary/aromatic N) is 1. The number of hydrogen-bond donors (Lipinski definition) is 3. The molecule has 0 aliphatic rings. The number of hydrogen-bond acceptors (Lipinski definition) is 3. The molecule has 0 aliphatic carbocycles. The Labute approximate surface area is 165 Å². The van der Waals surface area contributed by atoms with E-state index in [1.165, 1.54) is 12.1 Å². The van der Waals surface area contributed by atoms with Crippen LogP contribution in [0.4, 0.5) is 0 Å². The molecule has 3 rings (SSSR count). The molecular formula is C19H16Cl2N4O2. The largest absolute Gasteiger partial charge is 0.358 e. The third-order valence-corrected chi connectivity index (χ3v) is 4.46. The number of nitrogens with one attached hydrogen (secondary N) is 3. The van der Waals surface area contributed by atoms with Gasteiger partial charge in [0.2, 0.25) is 0 Å². The number of rotatable bonds is 5. The van der Waals surface area contributed by atoms with Gasteiger partial charge in [0.25, 0.3) is 11.8 Å². The van der Waals surface area contributed by atoms with Crippen molar-refractivity contribution in [3.8, 4) is 0 Å². The molecule has 0 fully saturated rings. The van der Waals surface area contributed by atoms with Crippen LogP contribution in [0.15, 0.2) is 47.6 Å². The number of benzene rings is 2. The number of carbonyl (C=O) groups excluding carboxylic acids is 2. The van der Waals surface area contributed by atoms with Gasteiger partial charge in [-0.05, 0) is 31.2 Å². The first-order valence-corrected chi connectivity index (χ1v) is 8.84. The van der Waals surface area contributed by atoms with Crippen molar-refractivity contribution >= 4 is 52.1 Å². The van der Waals surface area contributed by atoms with E-state index < -0.39 is 11.8 Å². The van der Waals surface area contributed by atoms with Crippen molar-refractivity contribution in [1.82, 2.24) is 15.7 Å². The van der Waals surface area contributed by atoms with Crippen LogP contribution in [0.2, 0.25) is 10.0 Å². The molecule has 0 spiro atoms. The minimum absolute atomic E-state index is 0.216. The van der Waals surface area contributed by atoms with Gasteiger partial charge in [0.05, 0.1) is 23.3 Å². The van der Waals surface area contributed by atoms with Crippen molar-refractivity contribution in [3.63, 3.8) is 0 Å². The van der Waals surface area contributed by atoms with E-state index in [1.807, 2.05) is 31.2 Å². The molecule has 0 saturated carbocycles. The maximum absolute atomic E-state index is 12.1. The fourth-order valence-corrected chi connectivity index (χ4v) is 3.10. The molecule has 0 radical (unpaired) electrons. The Morgan fingerprint density at radius 2 is 1.96 bits per heavy atom. The second-order valence-electron chi connectivity index (χ2n) is 5.81. The number of amides is 2. The third kappa shape index (κ3) is 4.48. The Morgan fingerprint density at radius 1 is 1.19 bits per heavy atom. The summed E-state index contributed by atoms with van der Waals surface area (Å²) in [5.74, 6) is -0.926. The summed E-state index contributed by atoms with van der Waals surface area (Å²) in [6, 6.07) is 12.3. The van der Waals surface area contributed by atoms with Crippen LogP contribution in [0.5, 0.6) is 0 Å². The fraction of sp³-hybridized carbons (Fsp3) is 0.105. The average Bonchev–Trinajstić information content (AvgIpc) is 2.95. The number of aromatic amines is 1. The Balaban J connectivity index is 1.57. The number of hydrazone groups is 1.